The van der Waals surface area contributed by atoms with Crippen LogP contribution in [0, 0.1) is 6.92 Å². The summed E-state index contributed by atoms with van der Waals surface area (Å²) in [5.41, 5.74) is 10.8. The molecule has 0 aliphatic carbocycles. The van der Waals surface area contributed by atoms with Crippen molar-refractivity contribution in [3.63, 3.8) is 0 Å². The van der Waals surface area contributed by atoms with E-state index < -0.39 is 0 Å². The minimum atomic E-state index is 0.746. The second kappa shape index (κ2) is 4.93. The van der Waals surface area contributed by atoms with Crippen LogP contribution < -0.4 is 5.73 Å². The predicted octanol–water partition coefficient (Wildman–Crippen LogP) is 3.14. The number of aryl methyl sites for hydroxylation is 1. The summed E-state index contributed by atoms with van der Waals surface area (Å²) >= 11 is 1.67. The van der Waals surface area contributed by atoms with E-state index in [9.17, 15) is 0 Å². The average molecular weight is 270 g/mol. The lowest BCUT2D eigenvalue weighted by molar-refractivity contribution is 1.08. The van der Waals surface area contributed by atoms with Crippen molar-refractivity contribution >= 4 is 28.5 Å². The number of H-pyrrole nitrogens is 1. The molecular formula is C14H14N4S. The molecule has 0 atom stereocenters. The average Bonchev–Trinajstić information content (AvgIpc) is 2.78. The van der Waals surface area contributed by atoms with Gasteiger partial charge in [0, 0.05) is 23.8 Å². The maximum atomic E-state index is 5.75. The van der Waals surface area contributed by atoms with Crippen molar-refractivity contribution < 1.29 is 0 Å². The molecule has 0 saturated carbocycles. The molecule has 3 rings (SSSR count). The van der Waals surface area contributed by atoms with Crippen LogP contribution in [0.3, 0.4) is 0 Å². The lowest BCUT2D eigenvalue weighted by Gasteiger charge is -1.99. The second-order valence-electron chi connectivity index (χ2n) is 4.48. The van der Waals surface area contributed by atoms with Crippen LogP contribution in [0.25, 0.3) is 11.0 Å². The number of nitrogen functional groups attached to an aromatic ring is 1. The molecule has 0 radical (unpaired) electrons. The highest BCUT2D eigenvalue weighted by Gasteiger charge is 2.04. The van der Waals surface area contributed by atoms with E-state index in [0.717, 1.165) is 27.6 Å². The number of nitrogens with one attached hydrogen (secondary N) is 1. The number of hydrogen-bond acceptors (Lipinski definition) is 4. The first-order chi connectivity index (χ1) is 9.20. The van der Waals surface area contributed by atoms with Gasteiger partial charge in [-0.05, 0) is 36.2 Å². The zero-order valence-electron chi connectivity index (χ0n) is 10.6. The van der Waals surface area contributed by atoms with E-state index in [-0.39, 0.29) is 0 Å². The Balaban J connectivity index is 1.78. The Morgan fingerprint density at radius 2 is 2.16 bits per heavy atom. The largest absolute Gasteiger partial charge is 0.399 e. The molecule has 4 nitrogen and oxygen atoms in total. The van der Waals surface area contributed by atoms with Gasteiger partial charge in [-0.2, -0.15) is 0 Å². The van der Waals surface area contributed by atoms with Crippen LogP contribution >= 0.6 is 11.8 Å². The van der Waals surface area contributed by atoms with E-state index in [1.807, 2.05) is 37.5 Å². The molecule has 1 aromatic carbocycles. The third-order valence-electron chi connectivity index (χ3n) is 2.79. The molecule has 0 aliphatic heterocycles. The summed E-state index contributed by atoms with van der Waals surface area (Å²) in [4.78, 5) is 12.0. The Labute approximate surface area is 115 Å². The van der Waals surface area contributed by atoms with Crippen molar-refractivity contribution in [1.82, 2.24) is 15.0 Å². The molecule has 0 spiro atoms. The first kappa shape index (κ1) is 12.0. The van der Waals surface area contributed by atoms with Crippen molar-refractivity contribution in [3.8, 4) is 0 Å². The van der Waals surface area contributed by atoms with Crippen molar-refractivity contribution in [2.45, 2.75) is 17.8 Å². The molecule has 2 heterocycles. The SMILES string of the molecule is Cc1cncc(CSc2nc3ccc(N)cc3[nH]2)c1. The quantitative estimate of drug-likeness (QED) is 0.566. The molecule has 0 unspecified atom stereocenters. The van der Waals surface area contributed by atoms with Gasteiger partial charge in [-0.25, -0.2) is 4.98 Å². The maximum Gasteiger partial charge on any atom is 0.166 e. The van der Waals surface area contributed by atoms with Crippen LogP contribution in [0.15, 0.2) is 41.8 Å². The number of aromatic nitrogens is 3. The Kier molecular flexibility index (Phi) is 3.13. The zero-order chi connectivity index (χ0) is 13.2. The summed E-state index contributed by atoms with van der Waals surface area (Å²) < 4.78 is 0. The number of benzene rings is 1. The highest BCUT2D eigenvalue weighted by molar-refractivity contribution is 7.98. The summed E-state index contributed by atoms with van der Waals surface area (Å²) in [5, 5.41) is 0.905. The fourth-order valence-electron chi connectivity index (χ4n) is 1.92. The summed E-state index contributed by atoms with van der Waals surface area (Å²) in [5.74, 6) is 0.851. The van der Waals surface area contributed by atoms with Gasteiger partial charge >= 0.3 is 0 Å². The molecule has 3 N–H and O–H groups in total. The fraction of sp³-hybridized carbons (Fsp3) is 0.143. The van der Waals surface area contributed by atoms with Gasteiger partial charge in [0.1, 0.15) is 0 Å². The number of pyridine rings is 1. The van der Waals surface area contributed by atoms with E-state index in [0.29, 0.717) is 0 Å². The Morgan fingerprint density at radius 1 is 1.26 bits per heavy atom. The van der Waals surface area contributed by atoms with E-state index in [1.54, 1.807) is 11.8 Å². The zero-order valence-corrected chi connectivity index (χ0v) is 11.4. The molecule has 0 amide bonds. The van der Waals surface area contributed by atoms with Crippen molar-refractivity contribution in [3.05, 3.63) is 47.8 Å². The van der Waals surface area contributed by atoms with Gasteiger partial charge in [0.05, 0.1) is 11.0 Å². The van der Waals surface area contributed by atoms with Gasteiger partial charge in [0.15, 0.2) is 5.16 Å². The number of imidazole rings is 1. The van der Waals surface area contributed by atoms with Crippen LogP contribution in [0.2, 0.25) is 0 Å². The molecule has 3 aromatic rings. The van der Waals surface area contributed by atoms with Crippen LogP contribution in [0.5, 0.6) is 0 Å². The third kappa shape index (κ3) is 2.71. The van der Waals surface area contributed by atoms with Crippen LogP contribution in [0.1, 0.15) is 11.1 Å². The number of nitrogens with two attached hydrogens (primary N) is 1. The fourth-order valence-corrected chi connectivity index (χ4v) is 2.73. The first-order valence-electron chi connectivity index (χ1n) is 5.99. The predicted molar refractivity (Wildman–Crippen MR) is 79.0 cm³/mol. The number of rotatable bonds is 3. The van der Waals surface area contributed by atoms with E-state index >= 15 is 0 Å². The molecule has 5 heteroatoms. The summed E-state index contributed by atoms with van der Waals surface area (Å²) in [6.45, 7) is 2.05. The van der Waals surface area contributed by atoms with Crippen molar-refractivity contribution in [2.75, 3.05) is 5.73 Å². The van der Waals surface area contributed by atoms with E-state index in [2.05, 4.69) is 21.0 Å². The number of fused-ring (bicyclic) bond motifs is 1. The number of aromatic amines is 1. The number of nitrogens with zero attached hydrogens (tertiary/aromatic N) is 2. The Morgan fingerprint density at radius 3 is 3.00 bits per heavy atom. The van der Waals surface area contributed by atoms with Crippen molar-refractivity contribution in [2.24, 2.45) is 0 Å². The number of anilines is 1. The molecular weight excluding hydrogens is 256 g/mol. The standard InChI is InChI=1S/C14H14N4S/c1-9-4-10(7-16-6-9)8-19-14-17-12-3-2-11(15)5-13(12)18-14/h2-7H,8,15H2,1H3,(H,17,18). The molecule has 19 heavy (non-hydrogen) atoms. The van der Waals surface area contributed by atoms with Gasteiger partial charge in [0.25, 0.3) is 0 Å². The molecule has 0 bridgehead atoms. The summed E-state index contributed by atoms with van der Waals surface area (Å²) in [6.07, 6.45) is 3.75. The lowest BCUT2D eigenvalue weighted by Crippen LogP contribution is -1.85. The maximum absolute atomic E-state index is 5.75. The van der Waals surface area contributed by atoms with Crippen molar-refractivity contribution in [1.29, 1.82) is 0 Å². The van der Waals surface area contributed by atoms with Crippen LogP contribution in [-0.2, 0) is 5.75 Å². The lowest BCUT2D eigenvalue weighted by atomic mass is 10.2. The molecule has 0 saturated heterocycles. The highest BCUT2D eigenvalue weighted by atomic mass is 32.2. The first-order valence-corrected chi connectivity index (χ1v) is 6.98. The topological polar surface area (TPSA) is 67.6 Å². The highest BCUT2D eigenvalue weighted by Crippen LogP contribution is 2.24. The molecule has 2 aromatic heterocycles. The van der Waals surface area contributed by atoms with Crippen LogP contribution in [0.4, 0.5) is 5.69 Å². The minimum absolute atomic E-state index is 0.746. The minimum Gasteiger partial charge on any atom is -0.399 e. The Bertz CT molecular complexity index is 720. The second-order valence-corrected chi connectivity index (χ2v) is 5.44. The summed E-state index contributed by atoms with van der Waals surface area (Å²) in [6, 6.07) is 7.84. The number of thioether (sulfide) groups is 1. The van der Waals surface area contributed by atoms with Gasteiger partial charge in [-0.1, -0.05) is 17.8 Å². The monoisotopic (exact) mass is 270 g/mol. The van der Waals surface area contributed by atoms with Crippen LogP contribution in [-0.4, -0.2) is 15.0 Å². The molecule has 96 valence electrons. The normalized spacial score (nSPS) is 11.0. The third-order valence-corrected chi connectivity index (χ3v) is 3.74. The van der Waals surface area contributed by atoms with E-state index in [4.69, 9.17) is 5.73 Å². The summed E-state index contributed by atoms with van der Waals surface area (Å²) in [7, 11) is 0. The van der Waals surface area contributed by atoms with Gasteiger partial charge < -0.3 is 10.7 Å². The number of hydrogen-bond donors (Lipinski definition) is 2. The smallest absolute Gasteiger partial charge is 0.166 e. The van der Waals surface area contributed by atoms with Gasteiger partial charge in [-0.3, -0.25) is 4.98 Å². The Hall–Kier alpha value is -2.01. The molecule has 0 fully saturated rings. The van der Waals surface area contributed by atoms with E-state index in [1.165, 1.54) is 11.1 Å². The van der Waals surface area contributed by atoms with Gasteiger partial charge in [-0.15, -0.1) is 0 Å². The van der Waals surface area contributed by atoms with Gasteiger partial charge in [0.2, 0.25) is 0 Å². The molecule has 0 aliphatic rings.